The third kappa shape index (κ3) is 3.71. The lowest BCUT2D eigenvalue weighted by Crippen LogP contribution is -1.88. The molecule has 5 rings (SSSR count). The van der Waals surface area contributed by atoms with Gasteiger partial charge in [0.25, 0.3) is 0 Å². The first-order valence-electron chi connectivity index (χ1n) is 9.38. The Morgan fingerprint density at radius 2 is 0.867 bits per heavy atom. The molecule has 0 atom stereocenters. The summed E-state index contributed by atoms with van der Waals surface area (Å²) in [7, 11) is 0. The van der Waals surface area contributed by atoms with Crippen LogP contribution in [0, 0.1) is 23.7 Å². The Morgan fingerprint density at radius 3 is 1.30 bits per heavy atom. The largest absolute Gasteiger partial charge is 0.265 e. The smallest absolute Gasteiger partial charge is 0.0965 e. The fourth-order valence-corrected chi connectivity index (χ4v) is 3.09. The molecule has 0 radical (unpaired) electrons. The molecule has 0 aliphatic rings. The highest BCUT2D eigenvalue weighted by molar-refractivity contribution is 6.03. The lowest BCUT2D eigenvalue weighted by atomic mass is 10.1. The Balaban J connectivity index is 1.50. The standard InChI is InChI=1S/C26H14N4/c1(19-7-11-27-12-8-19)3-21-15-23-5-6-24-16-22(4-2-20-9-13-28-14-10-20)18-30-26(24)25(23)29-17-21/h5-18H. The lowest BCUT2D eigenvalue weighted by molar-refractivity contribution is 1.32. The van der Waals surface area contributed by atoms with E-state index >= 15 is 0 Å². The third-order valence-electron chi connectivity index (χ3n) is 4.56. The average molecular weight is 382 g/mol. The van der Waals surface area contributed by atoms with Crippen LogP contribution in [0.15, 0.2) is 85.7 Å². The molecule has 4 heterocycles. The zero-order chi connectivity index (χ0) is 20.2. The minimum absolute atomic E-state index is 0.857. The zero-order valence-corrected chi connectivity index (χ0v) is 15.9. The fraction of sp³-hybridized carbons (Fsp3) is 0. The number of hydrogen-bond donors (Lipinski definition) is 0. The number of pyridine rings is 4. The van der Waals surface area contributed by atoms with Crippen LogP contribution in [0.4, 0.5) is 0 Å². The highest BCUT2D eigenvalue weighted by Gasteiger charge is 2.05. The topological polar surface area (TPSA) is 51.6 Å². The summed E-state index contributed by atoms with van der Waals surface area (Å²) in [6.07, 6.45) is 10.5. The van der Waals surface area contributed by atoms with Crippen LogP contribution in [-0.2, 0) is 0 Å². The normalized spacial score (nSPS) is 10.1. The van der Waals surface area contributed by atoms with Gasteiger partial charge in [0.15, 0.2) is 0 Å². The summed E-state index contributed by atoms with van der Waals surface area (Å²) in [5, 5.41) is 2.01. The second-order valence-electron chi connectivity index (χ2n) is 6.63. The lowest BCUT2D eigenvalue weighted by Gasteiger charge is -2.03. The van der Waals surface area contributed by atoms with Gasteiger partial charge in [-0.25, -0.2) is 0 Å². The Bertz CT molecular complexity index is 1370. The molecule has 0 saturated carbocycles. The molecular formula is C26H14N4. The van der Waals surface area contributed by atoms with Crippen molar-refractivity contribution in [3.8, 4) is 23.7 Å². The third-order valence-corrected chi connectivity index (χ3v) is 4.56. The molecule has 0 spiro atoms. The van der Waals surface area contributed by atoms with Crippen LogP contribution < -0.4 is 0 Å². The maximum atomic E-state index is 4.62. The van der Waals surface area contributed by atoms with Crippen LogP contribution in [0.25, 0.3) is 21.8 Å². The first-order chi connectivity index (χ1) is 14.8. The number of aromatic nitrogens is 4. The van der Waals surface area contributed by atoms with Crippen molar-refractivity contribution in [2.45, 2.75) is 0 Å². The molecule has 0 fully saturated rings. The summed E-state index contributed by atoms with van der Waals surface area (Å²) in [4.78, 5) is 17.3. The van der Waals surface area contributed by atoms with Crippen LogP contribution in [0.3, 0.4) is 0 Å². The van der Waals surface area contributed by atoms with E-state index in [2.05, 4.69) is 43.6 Å². The highest BCUT2D eigenvalue weighted by atomic mass is 14.7. The summed E-state index contributed by atoms with van der Waals surface area (Å²) in [5.41, 5.74) is 5.28. The Hall–Kier alpha value is -4.54. The summed E-state index contributed by atoms with van der Waals surface area (Å²) < 4.78 is 0. The molecule has 30 heavy (non-hydrogen) atoms. The van der Waals surface area contributed by atoms with Gasteiger partial charge in [0.1, 0.15) is 0 Å². The molecule has 0 aliphatic heterocycles. The van der Waals surface area contributed by atoms with Crippen molar-refractivity contribution in [1.82, 2.24) is 19.9 Å². The Morgan fingerprint density at radius 1 is 0.467 bits per heavy atom. The maximum Gasteiger partial charge on any atom is 0.0965 e. The molecule has 0 unspecified atom stereocenters. The molecule has 5 aromatic rings. The van der Waals surface area contributed by atoms with Crippen molar-refractivity contribution in [3.63, 3.8) is 0 Å². The van der Waals surface area contributed by atoms with Crippen molar-refractivity contribution < 1.29 is 0 Å². The molecule has 1 aromatic carbocycles. The van der Waals surface area contributed by atoms with E-state index in [0.717, 1.165) is 44.1 Å². The summed E-state index contributed by atoms with van der Waals surface area (Å²) in [5.74, 6) is 12.6. The number of benzene rings is 1. The predicted octanol–water partition coefficient (Wildman–Crippen LogP) is 4.37. The van der Waals surface area contributed by atoms with Gasteiger partial charge >= 0.3 is 0 Å². The molecule has 0 aliphatic carbocycles. The van der Waals surface area contributed by atoms with Gasteiger partial charge in [0.2, 0.25) is 0 Å². The number of fused-ring (bicyclic) bond motifs is 3. The van der Waals surface area contributed by atoms with Crippen molar-refractivity contribution in [2.24, 2.45) is 0 Å². The molecule has 4 aromatic heterocycles. The molecule has 138 valence electrons. The van der Waals surface area contributed by atoms with Crippen molar-refractivity contribution in [2.75, 3.05) is 0 Å². The first kappa shape index (κ1) is 17.6. The van der Waals surface area contributed by atoms with Crippen molar-refractivity contribution in [3.05, 3.63) is 108 Å². The summed E-state index contributed by atoms with van der Waals surface area (Å²) in [6, 6.07) is 15.7. The average Bonchev–Trinajstić information content (AvgIpc) is 2.82. The van der Waals surface area contributed by atoms with E-state index in [1.807, 2.05) is 48.5 Å². The highest BCUT2D eigenvalue weighted by Crippen LogP contribution is 2.23. The fourth-order valence-electron chi connectivity index (χ4n) is 3.09. The molecular weight excluding hydrogens is 368 g/mol. The molecule has 0 N–H and O–H groups in total. The molecule has 0 amide bonds. The van der Waals surface area contributed by atoms with Crippen molar-refractivity contribution >= 4 is 21.8 Å². The number of hydrogen-bond acceptors (Lipinski definition) is 4. The maximum absolute atomic E-state index is 4.62. The molecule has 4 heteroatoms. The van der Waals surface area contributed by atoms with Crippen LogP contribution in [0.1, 0.15) is 22.3 Å². The van der Waals surface area contributed by atoms with Gasteiger partial charge in [-0.2, -0.15) is 0 Å². The second-order valence-corrected chi connectivity index (χ2v) is 6.63. The van der Waals surface area contributed by atoms with Crippen LogP contribution in [-0.4, -0.2) is 19.9 Å². The van der Waals surface area contributed by atoms with Gasteiger partial charge in [0.05, 0.1) is 11.0 Å². The quantitative estimate of drug-likeness (QED) is 0.295. The van der Waals surface area contributed by atoms with E-state index < -0.39 is 0 Å². The number of nitrogens with zero attached hydrogens (tertiary/aromatic N) is 4. The SMILES string of the molecule is C(#Cc1cnc2c(ccc3cc(C#Cc4ccncc4)cnc32)c1)c1ccncc1. The van der Waals surface area contributed by atoms with Crippen LogP contribution >= 0.6 is 0 Å². The van der Waals surface area contributed by atoms with E-state index in [0.29, 0.717) is 0 Å². The Labute approximate surface area is 173 Å². The van der Waals surface area contributed by atoms with E-state index in [1.54, 1.807) is 37.2 Å². The minimum atomic E-state index is 0.857. The van der Waals surface area contributed by atoms with Crippen molar-refractivity contribution in [1.29, 1.82) is 0 Å². The summed E-state index contributed by atoms with van der Waals surface area (Å²) >= 11 is 0. The van der Waals surface area contributed by atoms with Gasteiger partial charge in [-0.05, 0) is 36.4 Å². The van der Waals surface area contributed by atoms with E-state index in [9.17, 15) is 0 Å². The zero-order valence-electron chi connectivity index (χ0n) is 15.9. The minimum Gasteiger partial charge on any atom is -0.265 e. The van der Waals surface area contributed by atoms with Gasteiger partial charge in [-0.1, -0.05) is 35.8 Å². The molecule has 0 saturated heterocycles. The van der Waals surface area contributed by atoms with Gasteiger partial charge < -0.3 is 0 Å². The first-order valence-corrected chi connectivity index (χ1v) is 9.38. The Kier molecular flexibility index (Phi) is 4.58. The molecule has 4 nitrogen and oxygen atoms in total. The van der Waals surface area contributed by atoms with Crippen LogP contribution in [0.5, 0.6) is 0 Å². The number of rotatable bonds is 0. The van der Waals surface area contributed by atoms with E-state index in [1.165, 1.54) is 0 Å². The second kappa shape index (κ2) is 7.83. The van der Waals surface area contributed by atoms with E-state index in [-0.39, 0.29) is 0 Å². The van der Waals surface area contributed by atoms with Crippen LogP contribution in [0.2, 0.25) is 0 Å². The molecule has 0 bridgehead atoms. The van der Waals surface area contributed by atoms with Gasteiger partial charge in [-0.15, -0.1) is 0 Å². The van der Waals surface area contributed by atoms with Gasteiger partial charge in [0, 0.05) is 70.2 Å². The van der Waals surface area contributed by atoms with Gasteiger partial charge in [-0.3, -0.25) is 19.9 Å². The monoisotopic (exact) mass is 382 g/mol. The van der Waals surface area contributed by atoms with E-state index in [4.69, 9.17) is 0 Å². The predicted molar refractivity (Wildman–Crippen MR) is 117 cm³/mol. The summed E-state index contributed by atoms with van der Waals surface area (Å²) in [6.45, 7) is 0.